The quantitative estimate of drug-likeness (QED) is 0.518. The SMILES string of the molecule is C[C@@H]1CCCCN1C(=O)c1ccc2c(c1)[C@@H]1C=CC[C@H]1[C@@H](c1ccc(Cl)cc1Cl)N2. The van der Waals surface area contributed by atoms with Gasteiger partial charge in [0.1, 0.15) is 0 Å². The monoisotopic (exact) mass is 440 g/mol. The number of fused-ring (bicyclic) bond motifs is 3. The van der Waals surface area contributed by atoms with Gasteiger partial charge in [-0.1, -0.05) is 41.4 Å². The average Bonchev–Trinajstić information content (AvgIpc) is 3.23. The third-order valence-corrected chi connectivity index (χ3v) is 7.53. The largest absolute Gasteiger partial charge is 0.378 e. The summed E-state index contributed by atoms with van der Waals surface area (Å²) in [4.78, 5) is 15.2. The third kappa shape index (κ3) is 3.42. The summed E-state index contributed by atoms with van der Waals surface area (Å²) >= 11 is 12.7. The highest BCUT2D eigenvalue weighted by atomic mass is 35.5. The topological polar surface area (TPSA) is 32.3 Å². The van der Waals surface area contributed by atoms with Gasteiger partial charge >= 0.3 is 0 Å². The fourth-order valence-corrected chi connectivity index (χ4v) is 5.88. The molecule has 0 saturated carbocycles. The summed E-state index contributed by atoms with van der Waals surface area (Å²) in [5.74, 6) is 0.811. The second-order valence-electron chi connectivity index (χ2n) is 8.79. The molecule has 0 bridgehead atoms. The Hall–Kier alpha value is -1.97. The van der Waals surface area contributed by atoms with Crippen LogP contribution in [0.4, 0.5) is 5.69 Å². The van der Waals surface area contributed by atoms with Gasteiger partial charge in [0.15, 0.2) is 0 Å². The van der Waals surface area contributed by atoms with Crippen molar-refractivity contribution in [1.29, 1.82) is 0 Å². The number of halogens is 2. The van der Waals surface area contributed by atoms with Crippen molar-refractivity contribution in [3.8, 4) is 0 Å². The van der Waals surface area contributed by atoms with Gasteiger partial charge in [0, 0.05) is 39.8 Å². The summed E-state index contributed by atoms with van der Waals surface area (Å²) in [5.41, 5.74) is 4.17. The molecular weight excluding hydrogens is 415 g/mol. The number of allylic oxidation sites excluding steroid dienone is 2. The normalized spacial score (nSPS) is 27.4. The lowest BCUT2D eigenvalue weighted by atomic mass is 9.76. The molecule has 0 spiro atoms. The Morgan fingerprint density at radius 3 is 2.77 bits per heavy atom. The predicted octanol–water partition coefficient (Wildman–Crippen LogP) is 6.83. The number of nitrogens with one attached hydrogen (secondary N) is 1. The van der Waals surface area contributed by atoms with Gasteiger partial charge in [-0.15, -0.1) is 0 Å². The Labute approximate surface area is 188 Å². The van der Waals surface area contributed by atoms with E-state index in [2.05, 4.69) is 36.5 Å². The van der Waals surface area contributed by atoms with Gasteiger partial charge in [0.05, 0.1) is 6.04 Å². The number of rotatable bonds is 2. The molecule has 5 heteroatoms. The Kier molecular flexibility index (Phi) is 5.28. The van der Waals surface area contributed by atoms with Gasteiger partial charge in [0.25, 0.3) is 5.91 Å². The van der Waals surface area contributed by atoms with Crippen molar-refractivity contribution in [2.45, 2.75) is 50.6 Å². The van der Waals surface area contributed by atoms with E-state index < -0.39 is 0 Å². The molecule has 0 radical (unpaired) electrons. The van der Waals surface area contributed by atoms with E-state index in [1.54, 1.807) is 0 Å². The smallest absolute Gasteiger partial charge is 0.254 e. The zero-order valence-electron chi connectivity index (χ0n) is 17.1. The Bertz CT molecular complexity index is 1020. The van der Waals surface area contributed by atoms with E-state index in [0.29, 0.717) is 22.0 Å². The van der Waals surface area contributed by atoms with Gasteiger partial charge in [-0.05, 0) is 80.0 Å². The minimum Gasteiger partial charge on any atom is -0.378 e. The summed E-state index contributed by atoms with van der Waals surface area (Å²) in [6.45, 7) is 3.02. The summed E-state index contributed by atoms with van der Waals surface area (Å²) in [6, 6.07) is 12.3. The highest BCUT2D eigenvalue weighted by Gasteiger charge is 2.39. The number of likely N-dealkylation sites (tertiary alicyclic amines) is 1. The lowest BCUT2D eigenvalue weighted by Gasteiger charge is -2.38. The minimum atomic E-state index is 0.117. The van der Waals surface area contributed by atoms with Gasteiger partial charge in [-0.3, -0.25) is 4.79 Å². The Morgan fingerprint density at radius 2 is 1.97 bits per heavy atom. The minimum absolute atomic E-state index is 0.117. The fourth-order valence-electron chi connectivity index (χ4n) is 5.35. The molecule has 0 aromatic heterocycles. The second-order valence-corrected chi connectivity index (χ2v) is 9.63. The molecule has 1 aliphatic carbocycles. The molecule has 2 aromatic carbocycles. The maximum atomic E-state index is 13.2. The molecule has 2 aliphatic heterocycles. The van der Waals surface area contributed by atoms with Crippen molar-refractivity contribution in [2.75, 3.05) is 11.9 Å². The van der Waals surface area contributed by atoms with Crippen molar-refractivity contribution in [3.63, 3.8) is 0 Å². The van der Waals surface area contributed by atoms with Crippen molar-refractivity contribution in [1.82, 2.24) is 4.90 Å². The van der Waals surface area contributed by atoms with Crippen LogP contribution in [0.2, 0.25) is 10.0 Å². The van der Waals surface area contributed by atoms with Crippen LogP contribution < -0.4 is 5.32 Å². The lowest BCUT2D eigenvalue weighted by molar-refractivity contribution is 0.0635. The third-order valence-electron chi connectivity index (χ3n) is 6.97. The van der Waals surface area contributed by atoms with Crippen molar-refractivity contribution >= 4 is 34.8 Å². The maximum absolute atomic E-state index is 13.2. The van der Waals surface area contributed by atoms with Gasteiger partial charge < -0.3 is 10.2 Å². The van der Waals surface area contributed by atoms with Gasteiger partial charge in [-0.25, -0.2) is 0 Å². The number of carbonyl (C=O) groups excluding carboxylic acids is 1. The van der Waals surface area contributed by atoms with E-state index in [4.69, 9.17) is 23.2 Å². The molecular formula is C25H26Cl2N2O. The average molecular weight is 441 g/mol. The lowest BCUT2D eigenvalue weighted by Crippen LogP contribution is -2.42. The number of piperidine rings is 1. The van der Waals surface area contributed by atoms with Crippen LogP contribution in [-0.4, -0.2) is 23.4 Å². The van der Waals surface area contributed by atoms with Crippen LogP contribution >= 0.6 is 23.2 Å². The van der Waals surface area contributed by atoms with E-state index in [-0.39, 0.29) is 17.9 Å². The zero-order chi connectivity index (χ0) is 20.8. The molecule has 2 heterocycles. The van der Waals surface area contributed by atoms with Gasteiger partial charge in [-0.2, -0.15) is 0 Å². The molecule has 2 aromatic rings. The molecule has 1 N–H and O–H groups in total. The molecule has 1 amide bonds. The van der Waals surface area contributed by atoms with Crippen LogP contribution in [0.25, 0.3) is 0 Å². The molecule has 30 heavy (non-hydrogen) atoms. The maximum Gasteiger partial charge on any atom is 0.254 e. The van der Waals surface area contributed by atoms with Crippen LogP contribution in [0.3, 0.4) is 0 Å². The highest BCUT2D eigenvalue weighted by Crippen LogP contribution is 2.51. The number of benzene rings is 2. The summed E-state index contributed by atoms with van der Waals surface area (Å²) in [7, 11) is 0. The molecule has 1 saturated heterocycles. The van der Waals surface area contributed by atoms with E-state index in [0.717, 1.165) is 42.6 Å². The summed E-state index contributed by atoms with van der Waals surface area (Å²) in [6.07, 6.45) is 8.93. The standard InChI is InChI=1S/C25H26Cl2N2O/c1-15-5-2-3-12-29(15)25(30)16-8-11-23-21(13-16)18-6-4-7-19(18)24(28-23)20-10-9-17(26)14-22(20)27/h4,6,8-11,13-15,18-19,24,28H,2-3,5,7,12H2,1H3/t15-,18-,19-,24+/m1/s1. The number of hydrogen-bond donors (Lipinski definition) is 1. The molecule has 4 atom stereocenters. The highest BCUT2D eigenvalue weighted by molar-refractivity contribution is 6.35. The van der Waals surface area contributed by atoms with E-state index in [1.807, 2.05) is 29.2 Å². The zero-order valence-corrected chi connectivity index (χ0v) is 18.6. The van der Waals surface area contributed by atoms with E-state index in [1.165, 1.54) is 12.0 Å². The van der Waals surface area contributed by atoms with Crippen LogP contribution in [-0.2, 0) is 0 Å². The second kappa shape index (κ2) is 7.94. The first kappa shape index (κ1) is 20.0. The fraction of sp³-hybridized carbons (Fsp3) is 0.400. The number of anilines is 1. The number of amides is 1. The van der Waals surface area contributed by atoms with E-state index >= 15 is 0 Å². The molecule has 1 fully saturated rings. The summed E-state index contributed by atoms with van der Waals surface area (Å²) < 4.78 is 0. The molecule has 3 nitrogen and oxygen atoms in total. The Morgan fingerprint density at radius 1 is 1.10 bits per heavy atom. The summed E-state index contributed by atoms with van der Waals surface area (Å²) in [5, 5.41) is 5.05. The van der Waals surface area contributed by atoms with Crippen LogP contribution in [0, 0.1) is 5.92 Å². The van der Waals surface area contributed by atoms with Crippen molar-refractivity contribution < 1.29 is 4.79 Å². The van der Waals surface area contributed by atoms with Crippen LogP contribution in [0.1, 0.15) is 66.1 Å². The molecule has 5 rings (SSSR count). The van der Waals surface area contributed by atoms with Crippen molar-refractivity contribution in [3.05, 3.63) is 75.3 Å². The van der Waals surface area contributed by atoms with Crippen LogP contribution in [0.5, 0.6) is 0 Å². The van der Waals surface area contributed by atoms with Crippen LogP contribution in [0.15, 0.2) is 48.6 Å². The molecule has 156 valence electrons. The predicted molar refractivity (Wildman–Crippen MR) is 124 cm³/mol. The van der Waals surface area contributed by atoms with Crippen molar-refractivity contribution in [2.24, 2.45) is 5.92 Å². The number of hydrogen-bond acceptors (Lipinski definition) is 2. The first-order chi connectivity index (χ1) is 14.5. The van der Waals surface area contributed by atoms with Gasteiger partial charge in [0.2, 0.25) is 0 Å². The first-order valence-electron chi connectivity index (χ1n) is 10.9. The first-order valence-corrected chi connectivity index (χ1v) is 11.6. The molecule has 0 unspecified atom stereocenters. The van der Waals surface area contributed by atoms with E-state index in [9.17, 15) is 4.79 Å². The number of carbonyl (C=O) groups is 1. The Balaban J connectivity index is 1.48. The number of nitrogens with zero attached hydrogens (tertiary/aromatic N) is 1. The molecule has 3 aliphatic rings.